The summed E-state index contributed by atoms with van der Waals surface area (Å²) in [6, 6.07) is 8.82. The molecule has 2 aromatic carbocycles. The van der Waals surface area contributed by atoms with Gasteiger partial charge in [-0.05, 0) is 42.0 Å². The number of aromatic carboxylic acids is 1. The van der Waals surface area contributed by atoms with Crippen LogP contribution in [0.3, 0.4) is 0 Å². The van der Waals surface area contributed by atoms with Crippen molar-refractivity contribution in [3.05, 3.63) is 52.4 Å². The molecular weight excluding hydrogens is 456 g/mol. The number of hydrogen-bond donors (Lipinski definition) is 2. The molecule has 2 heterocycles. The van der Waals surface area contributed by atoms with Crippen LogP contribution in [0.2, 0.25) is 0 Å². The number of carboxylic acid groups (broad SMARTS) is 1. The first kappa shape index (κ1) is 21.7. The van der Waals surface area contributed by atoms with Gasteiger partial charge in [-0.25, -0.2) is 4.79 Å². The average molecular weight is 471 g/mol. The second-order valence-electron chi connectivity index (χ2n) is 6.76. The number of fused-ring (bicyclic) bond motifs is 1. The van der Waals surface area contributed by atoms with Gasteiger partial charge in [-0.3, -0.25) is 14.5 Å². The molecular formula is C21H15N2O7S2-. The number of benzene rings is 2. The Kier molecular flexibility index (Phi) is 6.01. The maximum Gasteiger partial charge on any atom is 0.335 e. The van der Waals surface area contributed by atoms with Crippen LogP contribution in [-0.2, 0) is 9.59 Å². The lowest BCUT2D eigenvalue weighted by atomic mass is 10.2. The lowest BCUT2D eigenvalue weighted by Crippen LogP contribution is -2.31. The van der Waals surface area contributed by atoms with Crippen LogP contribution in [-0.4, -0.2) is 45.4 Å². The smallest absolute Gasteiger partial charge is 0.335 e. The zero-order valence-corrected chi connectivity index (χ0v) is 18.0. The standard InChI is InChI=1S/C21H16N2O7S2/c24-14-9-12(2-3-13(14)20(27)28)22-18(25)5-6-23-19(26)17(32-21(23)31)8-11-1-4-15-16(7-11)30-10-29-15/h1-4,7-9,24H,5-6,10H2,(H,22,25)(H,27,28)/p-1/b17-8+. The highest BCUT2D eigenvalue weighted by molar-refractivity contribution is 8.26. The number of carboxylic acids is 1. The molecule has 2 amide bonds. The highest BCUT2D eigenvalue weighted by Crippen LogP contribution is 2.36. The van der Waals surface area contributed by atoms with Crippen LogP contribution in [0.15, 0.2) is 41.3 Å². The summed E-state index contributed by atoms with van der Waals surface area (Å²) in [5.41, 5.74) is 0.554. The fraction of sp³-hybridized carbons (Fsp3) is 0.143. The minimum absolute atomic E-state index is 0.0569. The first-order valence-electron chi connectivity index (χ1n) is 9.31. The molecule has 4 rings (SSSR count). The van der Waals surface area contributed by atoms with Crippen molar-refractivity contribution in [2.45, 2.75) is 6.42 Å². The highest BCUT2D eigenvalue weighted by Gasteiger charge is 2.32. The summed E-state index contributed by atoms with van der Waals surface area (Å²) in [5, 5.41) is 23.1. The molecule has 0 aromatic heterocycles. The van der Waals surface area contributed by atoms with E-state index in [4.69, 9.17) is 26.8 Å². The molecule has 2 aromatic rings. The number of nitrogens with one attached hydrogen (secondary N) is 1. The third-order valence-corrected chi connectivity index (χ3v) is 6.00. The third-order valence-electron chi connectivity index (χ3n) is 4.63. The quantitative estimate of drug-likeness (QED) is 0.482. The summed E-state index contributed by atoms with van der Waals surface area (Å²) < 4.78 is 10.9. The van der Waals surface area contributed by atoms with Gasteiger partial charge in [0, 0.05) is 18.7 Å². The largest absolute Gasteiger partial charge is 0.872 e. The number of anilines is 1. The summed E-state index contributed by atoms with van der Waals surface area (Å²) in [4.78, 5) is 37.6. The highest BCUT2D eigenvalue weighted by atomic mass is 32.2. The molecule has 2 N–H and O–H groups in total. The predicted molar refractivity (Wildman–Crippen MR) is 119 cm³/mol. The molecule has 32 heavy (non-hydrogen) atoms. The van der Waals surface area contributed by atoms with Crippen LogP contribution in [0, 0.1) is 0 Å². The SMILES string of the molecule is O=C(CCN1C(=O)/C(=C\c2ccc3c(c2)OCO3)SC1=S)Nc1ccc(C(=O)O)c([O-])c1. The Morgan fingerprint density at radius 2 is 2.00 bits per heavy atom. The van der Waals surface area contributed by atoms with Gasteiger partial charge in [0.25, 0.3) is 5.91 Å². The van der Waals surface area contributed by atoms with E-state index in [1.54, 1.807) is 24.3 Å². The molecule has 1 saturated heterocycles. The number of amides is 2. The number of ether oxygens (including phenoxy) is 2. The molecule has 2 aliphatic heterocycles. The fourth-order valence-electron chi connectivity index (χ4n) is 3.06. The fourth-order valence-corrected chi connectivity index (χ4v) is 4.37. The number of rotatable bonds is 6. The van der Waals surface area contributed by atoms with E-state index in [0.29, 0.717) is 20.7 Å². The van der Waals surface area contributed by atoms with Crippen molar-refractivity contribution < 1.29 is 34.1 Å². The predicted octanol–water partition coefficient (Wildman–Crippen LogP) is 2.42. The molecule has 0 saturated carbocycles. The topological polar surface area (TPSA) is 128 Å². The van der Waals surface area contributed by atoms with E-state index in [9.17, 15) is 19.5 Å². The molecule has 11 heteroatoms. The van der Waals surface area contributed by atoms with E-state index < -0.39 is 17.6 Å². The summed E-state index contributed by atoms with van der Waals surface area (Å²) in [7, 11) is 0. The number of thiocarbonyl (C=S) groups is 1. The molecule has 0 bridgehead atoms. The minimum atomic E-state index is -1.34. The number of carbonyl (C=O) groups is 3. The minimum Gasteiger partial charge on any atom is -0.872 e. The van der Waals surface area contributed by atoms with Crippen molar-refractivity contribution in [2.75, 3.05) is 18.7 Å². The molecule has 164 valence electrons. The Morgan fingerprint density at radius 3 is 2.75 bits per heavy atom. The second kappa shape index (κ2) is 8.89. The Labute approximate surface area is 191 Å². The normalized spacial score (nSPS) is 16.0. The van der Waals surface area contributed by atoms with Gasteiger partial charge in [-0.15, -0.1) is 0 Å². The molecule has 1 fully saturated rings. The van der Waals surface area contributed by atoms with Crippen molar-refractivity contribution >= 4 is 57.8 Å². The number of hydrogen-bond acceptors (Lipinski definition) is 8. The Morgan fingerprint density at radius 1 is 1.22 bits per heavy atom. The van der Waals surface area contributed by atoms with E-state index >= 15 is 0 Å². The molecule has 0 atom stereocenters. The molecule has 9 nitrogen and oxygen atoms in total. The van der Waals surface area contributed by atoms with Gasteiger partial charge in [-0.1, -0.05) is 35.8 Å². The van der Waals surface area contributed by atoms with Gasteiger partial charge in [0.15, 0.2) is 11.5 Å². The first-order chi connectivity index (χ1) is 15.3. The zero-order chi connectivity index (χ0) is 22.8. The molecule has 0 spiro atoms. The van der Waals surface area contributed by atoms with Crippen LogP contribution in [0.5, 0.6) is 17.2 Å². The van der Waals surface area contributed by atoms with E-state index in [-0.39, 0.29) is 36.9 Å². The summed E-state index contributed by atoms with van der Waals surface area (Å²) in [5.74, 6) is -1.55. The van der Waals surface area contributed by atoms with Crippen molar-refractivity contribution in [3.8, 4) is 17.2 Å². The van der Waals surface area contributed by atoms with Gasteiger partial charge in [0.1, 0.15) is 4.32 Å². The molecule has 0 radical (unpaired) electrons. The average Bonchev–Trinajstić information content (AvgIpc) is 3.30. The summed E-state index contributed by atoms with van der Waals surface area (Å²) in [6.45, 7) is 0.217. The van der Waals surface area contributed by atoms with Gasteiger partial charge in [-0.2, -0.15) is 0 Å². The Balaban J connectivity index is 1.37. The van der Waals surface area contributed by atoms with Crippen molar-refractivity contribution in [1.29, 1.82) is 0 Å². The summed E-state index contributed by atoms with van der Waals surface area (Å²) >= 11 is 6.42. The maximum absolute atomic E-state index is 12.7. The van der Waals surface area contributed by atoms with Crippen molar-refractivity contribution in [3.63, 3.8) is 0 Å². The van der Waals surface area contributed by atoms with E-state index in [2.05, 4.69) is 5.32 Å². The van der Waals surface area contributed by atoms with Crippen LogP contribution in [0.25, 0.3) is 6.08 Å². The van der Waals surface area contributed by atoms with Crippen molar-refractivity contribution in [1.82, 2.24) is 4.90 Å². The summed E-state index contributed by atoms with van der Waals surface area (Å²) in [6.07, 6.45) is 1.64. The maximum atomic E-state index is 12.7. The van der Waals surface area contributed by atoms with E-state index in [1.165, 1.54) is 11.0 Å². The second-order valence-corrected chi connectivity index (χ2v) is 8.44. The third kappa shape index (κ3) is 4.53. The van der Waals surface area contributed by atoms with Crippen LogP contribution >= 0.6 is 24.0 Å². The van der Waals surface area contributed by atoms with E-state index in [0.717, 1.165) is 29.5 Å². The van der Waals surface area contributed by atoms with Crippen molar-refractivity contribution in [2.24, 2.45) is 0 Å². The van der Waals surface area contributed by atoms with Gasteiger partial charge in [0.05, 0.1) is 10.5 Å². The monoisotopic (exact) mass is 471 g/mol. The Hall–Kier alpha value is -3.57. The number of thioether (sulfide) groups is 1. The van der Waals surface area contributed by atoms with E-state index in [1.807, 2.05) is 0 Å². The molecule has 2 aliphatic rings. The lowest BCUT2D eigenvalue weighted by molar-refractivity contribution is -0.268. The van der Waals surface area contributed by atoms with Crippen LogP contribution in [0.4, 0.5) is 5.69 Å². The lowest BCUT2D eigenvalue weighted by Gasteiger charge is -2.15. The van der Waals surface area contributed by atoms with Gasteiger partial charge < -0.3 is 25.0 Å². The van der Waals surface area contributed by atoms with Gasteiger partial charge in [0.2, 0.25) is 12.7 Å². The number of carbonyl (C=O) groups excluding carboxylic acids is 2. The van der Waals surface area contributed by atoms with Crippen LogP contribution < -0.4 is 19.9 Å². The number of nitrogens with zero attached hydrogens (tertiary/aromatic N) is 1. The Bertz CT molecular complexity index is 1180. The van der Waals surface area contributed by atoms with Crippen LogP contribution in [0.1, 0.15) is 22.3 Å². The zero-order valence-electron chi connectivity index (χ0n) is 16.3. The molecule has 0 aliphatic carbocycles. The van der Waals surface area contributed by atoms with Gasteiger partial charge >= 0.3 is 5.97 Å². The molecule has 0 unspecified atom stereocenters. The first-order valence-corrected chi connectivity index (χ1v) is 10.5.